The highest BCUT2D eigenvalue weighted by Crippen LogP contribution is 2.46. The second kappa shape index (κ2) is 10.8. The van der Waals surface area contributed by atoms with Crippen LogP contribution >= 0.6 is 11.6 Å². The van der Waals surface area contributed by atoms with Crippen LogP contribution in [0.4, 0.5) is 4.79 Å². The highest BCUT2D eigenvalue weighted by molar-refractivity contribution is 6.32. The first-order valence-electron chi connectivity index (χ1n) is 13.7. The van der Waals surface area contributed by atoms with E-state index in [0.29, 0.717) is 24.3 Å². The Morgan fingerprint density at radius 1 is 1.17 bits per heavy atom. The number of benzene rings is 1. The largest absolute Gasteiger partial charge is 0.444 e. The van der Waals surface area contributed by atoms with Gasteiger partial charge in [-0.25, -0.2) is 4.79 Å². The number of carbonyl (C=O) groups excluding carboxylic acids is 2. The van der Waals surface area contributed by atoms with E-state index in [1.165, 1.54) is 22.3 Å². The molecule has 1 fully saturated rings. The summed E-state index contributed by atoms with van der Waals surface area (Å²) in [5.41, 5.74) is 4.85. The Hall–Kier alpha value is -2.01. The molecule has 198 valence electrons. The number of nitrogens with zero attached hydrogens (tertiary/aromatic N) is 2. The molecule has 5 nitrogen and oxygen atoms in total. The average molecular weight is 515 g/mol. The van der Waals surface area contributed by atoms with E-state index < -0.39 is 5.60 Å². The predicted molar refractivity (Wildman–Crippen MR) is 146 cm³/mol. The molecule has 0 aromatic heterocycles. The van der Waals surface area contributed by atoms with Gasteiger partial charge in [-0.15, -0.1) is 0 Å². The van der Waals surface area contributed by atoms with Gasteiger partial charge in [-0.3, -0.25) is 4.79 Å². The monoisotopic (exact) mass is 514 g/mol. The van der Waals surface area contributed by atoms with Gasteiger partial charge in [0.1, 0.15) is 5.60 Å². The Bertz CT molecular complexity index is 1020. The Labute approximate surface area is 222 Å². The van der Waals surface area contributed by atoms with Crippen LogP contribution < -0.4 is 0 Å². The van der Waals surface area contributed by atoms with Crippen molar-refractivity contribution in [2.24, 2.45) is 17.8 Å². The van der Waals surface area contributed by atoms with Crippen molar-refractivity contribution in [2.45, 2.75) is 91.2 Å². The summed E-state index contributed by atoms with van der Waals surface area (Å²) in [6.07, 6.45) is 6.27. The molecule has 2 amide bonds. The third kappa shape index (κ3) is 5.93. The second-order valence-electron chi connectivity index (χ2n) is 12.5. The summed E-state index contributed by atoms with van der Waals surface area (Å²) in [7, 11) is 1.81. The zero-order valence-electron chi connectivity index (χ0n) is 22.9. The fourth-order valence-electron chi connectivity index (χ4n) is 6.32. The molecule has 2 aliphatic carbocycles. The third-order valence-electron chi connectivity index (χ3n) is 7.96. The van der Waals surface area contributed by atoms with Crippen molar-refractivity contribution in [1.82, 2.24) is 9.80 Å². The topological polar surface area (TPSA) is 49.9 Å². The maximum atomic E-state index is 13.9. The molecule has 0 spiro atoms. The van der Waals surface area contributed by atoms with Crippen molar-refractivity contribution in [2.75, 3.05) is 20.1 Å². The Balaban J connectivity index is 1.40. The molecule has 1 aliphatic heterocycles. The summed E-state index contributed by atoms with van der Waals surface area (Å²) in [5.74, 6) is 1.33. The number of hydrogen-bond donors (Lipinski definition) is 0. The van der Waals surface area contributed by atoms with Crippen LogP contribution in [0, 0.1) is 17.8 Å². The molecular formula is C30H43ClN2O3. The number of ether oxygens (including phenoxy) is 1. The number of hydrogen-bond acceptors (Lipinski definition) is 3. The maximum Gasteiger partial charge on any atom is 0.410 e. The lowest BCUT2D eigenvalue weighted by molar-refractivity contribution is -0.139. The van der Waals surface area contributed by atoms with Crippen molar-refractivity contribution in [1.29, 1.82) is 0 Å². The van der Waals surface area contributed by atoms with Crippen molar-refractivity contribution in [3.8, 4) is 0 Å². The van der Waals surface area contributed by atoms with E-state index in [1.807, 2.05) is 40.0 Å². The Morgan fingerprint density at radius 2 is 1.86 bits per heavy atom. The van der Waals surface area contributed by atoms with Crippen LogP contribution in [-0.4, -0.2) is 53.6 Å². The van der Waals surface area contributed by atoms with Crippen molar-refractivity contribution < 1.29 is 14.3 Å². The third-order valence-corrected chi connectivity index (χ3v) is 8.28. The summed E-state index contributed by atoms with van der Waals surface area (Å²) in [6, 6.07) is 6.39. The highest BCUT2D eigenvalue weighted by Gasteiger charge is 2.40. The first kappa shape index (κ1) is 27.0. The first-order chi connectivity index (χ1) is 16.9. The lowest BCUT2D eigenvalue weighted by atomic mass is 9.80. The van der Waals surface area contributed by atoms with Gasteiger partial charge in [0.2, 0.25) is 5.91 Å². The Kier molecular flexibility index (Phi) is 8.09. The van der Waals surface area contributed by atoms with Crippen LogP contribution in [0.15, 0.2) is 23.8 Å². The molecule has 1 heterocycles. The van der Waals surface area contributed by atoms with Gasteiger partial charge in [-0.2, -0.15) is 0 Å². The molecule has 0 saturated heterocycles. The average Bonchev–Trinajstić information content (AvgIpc) is 3.18. The van der Waals surface area contributed by atoms with Crippen LogP contribution in [0.2, 0.25) is 5.02 Å². The van der Waals surface area contributed by atoms with Crippen LogP contribution in [0.1, 0.15) is 84.3 Å². The summed E-state index contributed by atoms with van der Waals surface area (Å²) in [4.78, 5) is 30.1. The SMILES string of the molecule is CC(C)CC1C2=C(CCN1C(=O)C1CCC(CN(C)C(=O)OC(C)(C)C)CC1)c1c(Cl)cccc1C2. The number of amides is 2. The van der Waals surface area contributed by atoms with Gasteiger partial charge in [0.25, 0.3) is 0 Å². The predicted octanol–water partition coefficient (Wildman–Crippen LogP) is 6.97. The molecule has 6 heteroatoms. The highest BCUT2D eigenvalue weighted by atomic mass is 35.5. The quantitative estimate of drug-likeness (QED) is 0.426. The first-order valence-corrected chi connectivity index (χ1v) is 14.1. The summed E-state index contributed by atoms with van der Waals surface area (Å²) >= 11 is 6.62. The van der Waals surface area contributed by atoms with Crippen LogP contribution in [0.3, 0.4) is 0 Å². The summed E-state index contributed by atoms with van der Waals surface area (Å²) < 4.78 is 5.50. The fraction of sp³-hybridized carbons (Fsp3) is 0.667. The molecule has 1 atom stereocenters. The van der Waals surface area contributed by atoms with Gasteiger partial charge in [0.15, 0.2) is 0 Å². The zero-order valence-corrected chi connectivity index (χ0v) is 23.7. The summed E-state index contributed by atoms with van der Waals surface area (Å²) in [5, 5.41) is 0.843. The molecule has 0 bridgehead atoms. The summed E-state index contributed by atoms with van der Waals surface area (Å²) in [6.45, 7) is 11.6. The van der Waals surface area contributed by atoms with E-state index >= 15 is 0 Å². The van der Waals surface area contributed by atoms with Gasteiger partial charge in [-0.05, 0) is 106 Å². The molecule has 1 aromatic carbocycles. The molecular weight excluding hydrogens is 472 g/mol. The van der Waals surface area contributed by atoms with Crippen molar-refractivity contribution in [3.05, 3.63) is 39.9 Å². The standard InChI is InChI=1S/C30H43ClN2O3/c1-19(2)16-26-24-17-22-8-7-9-25(31)27(22)23(24)14-15-33(26)28(34)21-12-10-20(11-13-21)18-32(6)29(35)36-30(3,4)5/h7-9,19-21,26H,10-18H2,1-6H3. The lowest BCUT2D eigenvalue weighted by Crippen LogP contribution is -2.48. The minimum absolute atomic E-state index is 0.0808. The molecule has 1 unspecified atom stereocenters. The molecule has 0 N–H and O–H groups in total. The van der Waals surface area contributed by atoms with Gasteiger partial charge in [0.05, 0.1) is 6.04 Å². The van der Waals surface area contributed by atoms with Crippen molar-refractivity contribution >= 4 is 29.2 Å². The lowest BCUT2D eigenvalue weighted by Gasteiger charge is -2.41. The van der Waals surface area contributed by atoms with E-state index in [0.717, 1.165) is 56.5 Å². The molecule has 36 heavy (non-hydrogen) atoms. The van der Waals surface area contributed by atoms with E-state index in [-0.39, 0.29) is 18.1 Å². The van der Waals surface area contributed by atoms with E-state index in [1.54, 1.807) is 4.90 Å². The fourth-order valence-corrected chi connectivity index (χ4v) is 6.62. The zero-order chi connectivity index (χ0) is 26.2. The van der Waals surface area contributed by atoms with Gasteiger partial charge in [-0.1, -0.05) is 37.6 Å². The number of rotatable bonds is 5. The molecule has 4 rings (SSSR count). The molecule has 3 aliphatic rings. The van der Waals surface area contributed by atoms with E-state index in [4.69, 9.17) is 16.3 Å². The Morgan fingerprint density at radius 3 is 2.50 bits per heavy atom. The molecule has 1 aromatic rings. The van der Waals surface area contributed by atoms with E-state index in [2.05, 4.69) is 24.8 Å². The van der Waals surface area contributed by atoms with Crippen LogP contribution in [0.5, 0.6) is 0 Å². The van der Waals surface area contributed by atoms with Gasteiger partial charge in [0, 0.05) is 31.1 Å². The number of carbonyl (C=O) groups is 2. The molecule has 0 radical (unpaired) electrons. The maximum absolute atomic E-state index is 13.9. The molecule has 1 saturated carbocycles. The minimum atomic E-state index is -0.488. The van der Waals surface area contributed by atoms with Crippen LogP contribution in [0.25, 0.3) is 5.57 Å². The smallest absolute Gasteiger partial charge is 0.410 e. The number of fused-ring (bicyclic) bond motifs is 2. The normalized spacial score (nSPS) is 24.0. The van der Waals surface area contributed by atoms with Gasteiger partial charge >= 0.3 is 6.09 Å². The van der Waals surface area contributed by atoms with E-state index in [9.17, 15) is 9.59 Å². The minimum Gasteiger partial charge on any atom is -0.444 e. The van der Waals surface area contributed by atoms with Crippen LogP contribution in [-0.2, 0) is 16.0 Å². The van der Waals surface area contributed by atoms with Crippen molar-refractivity contribution in [3.63, 3.8) is 0 Å². The van der Waals surface area contributed by atoms with Gasteiger partial charge < -0.3 is 14.5 Å². The second-order valence-corrected chi connectivity index (χ2v) is 12.9. The number of halogens is 1.